The molecule has 0 heterocycles. The lowest BCUT2D eigenvalue weighted by molar-refractivity contribution is -0.891. The van der Waals surface area contributed by atoms with E-state index in [-0.39, 0.29) is 12.5 Å². The van der Waals surface area contributed by atoms with Crippen LogP contribution in [0.3, 0.4) is 0 Å². The second kappa shape index (κ2) is 42.1. The van der Waals surface area contributed by atoms with Gasteiger partial charge in [-0.1, -0.05) is 175 Å². The third-order valence-electron chi connectivity index (χ3n) is 10.4. The number of ether oxygens (including phenoxy) is 2. The summed E-state index contributed by atoms with van der Waals surface area (Å²) in [6, 6.07) is 0. The minimum atomic E-state index is -1.08. The fourth-order valence-electron chi connectivity index (χ4n) is 6.80. The molecule has 7 nitrogen and oxygen atoms in total. The van der Waals surface area contributed by atoms with Crippen molar-refractivity contribution in [3.63, 3.8) is 0 Å². The molecule has 0 fully saturated rings. The summed E-state index contributed by atoms with van der Waals surface area (Å²) in [5.74, 6) is -1.42. The quantitative estimate of drug-likeness (QED) is 0.0271. The molecule has 0 saturated carbocycles. The number of hydrogen-bond acceptors (Lipinski definition) is 6. The largest absolute Gasteiger partial charge is 0.481 e. The van der Waals surface area contributed by atoms with E-state index < -0.39 is 17.2 Å². The zero-order valence-electron chi connectivity index (χ0n) is 37.0. The number of hydrogen-bond donors (Lipinski definition) is 2. The SMILES string of the molecule is CCCCCCCC/C=C/CCCCCCCCOCC(C[N+](C)(C)CCSSC(CC(=O)O)C(=O)O)OCCCCCCCC/C=C/CCCCCCCC. The molecule has 0 aromatic rings. The summed E-state index contributed by atoms with van der Waals surface area (Å²) in [5.41, 5.74) is 0. The number of carboxylic acid groups (broad SMARTS) is 2. The summed E-state index contributed by atoms with van der Waals surface area (Å²) >= 11 is 0. The topological polar surface area (TPSA) is 93.1 Å². The molecule has 0 amide bonds. The van der Waals surface area contributed by atoms with Gasteiger partial charge in [-0.3, -0.25) is 9.59 Å². The molecule has 0 rings (SSSR count). The van der Waals surface area contributed by atoms with Crippen LogP contribution in [0.15, 0.2) is 24.3 Å². The van der Waals surface area contributed by atoms with Crippen molar-refractivity contribution in [1.29, 1.82) is 0 Å². The molecule has 9 heteroatoms. The van der Waals surface area contributed by atoms with Crippen LogP contribution < -0.4 is 0 Å². The number of rotatable bonds is 45. The standard InChI is InChI=1S/C47H89NO6S2/c1-5-7-9-11-13-15-17-19-21-23-25-27-29-31-33-35-38-53-43-44(42-48(3,4)37-40-55-56-45(47(51)52)41-46(49)50)54-39-36-34-32-30-28-26-24-22-20-18-16-14-12-10-8-6-2/h19-22,44-45H,5-18,23-43H2,1-4H3,(H-,49,50,51,52)/p+1/b21-19+,22-20+. The minimum absolute atomic E-state index is 0.0127. The molecule has 0 spiro atoms. The van der Waals surface area contributed by atoms with Crippen molar-refractivity contribution in [2.24, 2.45) is 0 Å². The van der Waals surface area contributed by atoms with Crippen LogP contribution in [0.1, 0.15) is 200 Å². The fraction of sp³-hybridized carbons (Fsp3) is 0.872. The van der Waals surface area contributed by atoms with Gasteiger partial charge in [0, 0.05) is 13.2 Å². The van der Waals surface area contributed by atoms with Crippen LogP contribution in [-0.4, -0.2) is 90.7 Å². The highest BCUT2D eigenvalue weighted by atomic mass is 33.1. The molecule has 0 aliphatic heterocycles. The first-order valence-electron chi connectivity index (χ1n) is 23.3. The Kier molecular flexibility index (Phi) is 41.4. The van der Waals surface area contributed by atoms with Crippen molar-refractivity contribution >= 4 is 33.5 Å². The fourth-order valence-corrected chi connectivity index (χ4v) is 9.38. The van der Waals surface area contributed by atoms with E-state index in [4.69, 9.17) is 14.6 Å². The van der Waals surface area contributed by atoms with Crippen molar-refractivity contribution in [1.82, 2.24) is 0 Å². The Morgan fingerprint density at radius 2 is 1.00 bits per heavy atom. The average Bonchev–Trinajstić information content (AvgIpc) is 3.16. The molecule has 0 aromatic heterocycles. The van der Waals surface area contributed by atoms with E-state index in [0.29, 0.717) is 6.61 Å². The minimum Gasteiger partial charge on any atom is -0.481 e. The van der Waals surface area contributed by atoms with E-state index in [0.717, 1.165) is 60.2 Å². The van der Waals surface area contributed by atoms with Crippen LogP contribution in [0, 0.1) is 0 Å². The third kappa shape index (κ3) is 41.2. The van der Waals surface area contributed by atoms with Gasteiger partial charge in [-0.25, -0.2) is 0 Å². The molecule has 0 aliphatic carbocycles. The molecule has 2 N–H and O–H groups in total. The summed E-state index contributed by atoms with van der Waals surface area (Å²) < 4.78 is 13.4. The van der Waals surface area contributed by atoms with Gasteiger partial charge >= 0.3 is 11.9 Å². The normalized spacial score (nSPS) is 13.3. The molecule has 0 bridgehead atoms. The first kappa shape index (κ1) is 55.0. The van der Waals surface area contributed by atoms with E-state index in [9.17, 15) is 14.7 Å². The van der Waals surface area contributed by atoms with Crippen LogP contribution in [0.4, 0.5) is 0 Å². The molecule has 0 aliphatic rings. The van der Waals surface area contributed by atoms with Crippen molar-refractivity contribution in [3.05, 3.63) is 24.3 Å². The second-order valence-electron chi connectivity index (χ2n) is 16.6. The molecule has 2 atom stereocenters. The number of unbranched alkanes of at least 4 members (excludes halogenated alkanes) is 24. The Morgan fingerprint density at radius 1 is 0.589 bits per heavy atom. The van der Waals surface area contributed by atoms with Gasteiger partial charge in [0.1, 0.15) is 17.9 Å². The molecule has 330 valence electrons. The number of aliphatic carboxylic acids is 2. The Morgan fingerprint density at radius 3 is 1.43 bits per heavy atom. The molecule has 56 heavy (non-hydrogen) atoms. The molecule has 0 saturated heterocycles. The number of quaternary nitrogens is 1. The predicted octanol–water partition coefficient (Wildman–Crippen LogP) is 13.8. The summed E-state index contributed by atoms with van der Waals surface area (Å²) in [7, 11) is 6.96. The van der Waals surface area contributed by atoms with Gasteiger partial charge in [-0.2, -0.15) is 0 Å². The van der Waals surface area contributed by atoms with Gasteiger partial charge in [-0.15, -0.1) is 0 Å². The monoisotopic (exact) mass is 829 g/mol. The van der Waals surface area contributed by atoms with Crippen molar-refractivity contribution in [2.75, 3.05) is 52.8 Å². The predicted molar refractivity (Wildman–Crippen MR) is 245 cm³/mol. The number of allylic oxidation sites excluding steroid dienone is 4. The molecule has 2 unspecified atom stereocenters. The van der Waals surface area contributed by atoms with Crippen molar-refractivity contribution in [3.8, 4) is 0 Å². The lowest BCUT2D eigenvalue weighted by Crippen LogP contribution is -2.48. The zero-order valence-corrected chi connectivity index (χ0v) is 38.6. The number of carbonyl (C=O) groups is 2. The zero-order chi connectivity index (χ0) is 41.2. The second-order valence-corrected chi connectivity index (χ2v) is 19.3. The van der Waals surface area contributed by atoms with E-state index in [1.54, 1.807) is 0 Å². The van der Waals surface area contributed by atoms with Crippen molar-refractivity contribution in [2.45, 2.75) is 211 Å². The van der Waals surface area contributed by atoms with Gasteiger partial charge in [0.25, 0.3) is 0 Å². The van der Waals surface area contributed by atoms with Crippen molar-refractivity contribution < 1.29 is 33.8 Å². The highest BCUT2D eigenvalue weighted by Crippen LogP contribution is 2.29. The van der Waals surface area contributed by atoms with E-state index >= 15 is 0 Å². The van der Waals surface area contributed by atoms with Crippen LogP contribution >= 0.6 is 21.6 Å². The van der Waals surface area contributed by atoms with Crippen LogP contribution in [0.2, 0.25) is 0 Å². The number of likely N-dealkylation sites (N-methyl/N-ethyl adjacent to an activating group) is 1. The Hall–Kier alpha value is -1.00. The highest BCUT2D eigenvalue weighted by molar-refractivity contribution is 8.77. The molecular formula is C47H90NO6S2+. The molecule has 0 aromatic carbocycles. The van der Waals surface area contributed by atoms with Gasteiger partial charge < -0.3 is 24.2 Å². The van der Waals surface area contributed by atoms with Crippen LogP contribution in [0.25, 0.3) is 0 Å². The first-order chi connectivity index (χ1) is 27.2. The average molecular weight is 829 g/mol. The highest BCUT2D eigenvalue weighted by Gasteiger charge is 2.25. The maximum Gasteiger partial charge on any atom is 0.318 e. The maximum absolute atomic E-state index is 11.4. The number of carboxylic acids is 2. The lowest BCUT2D eigenvalue weighted by atomic mass is 10.1. The molecule has 0 radical (unpaired) electrons. The maximum atomic E-state index is 11.4. The Labute approximate surface area is 354 Å². The van der Waals surface area contributed by atoms with E-state index in [2.05, 4.69) is 52.2 Å². The summed E-state index contributed by atoms with van der Waals surface area (Å²) in [5, 5.41) is 17.5. The van der Waals surface area contributed by atoms with E-state index in [1.165, 1.54) is 178 Å². The summed E-state index contributed by atoms with van der Waals surface area (Å²) in [6.45, 7) is 8.33. The Bertz CT molecular complexity index is 930. The van der Waals surface area contributed by atoms with E-state index in [1.807, 2.05) is 0 Å². The summed E-state index contributed by atoms with van der Waals surface area (Å²) in [4.78, 5) is 22.5. The third-order valence-corrected chi connectivity index (χ3v) is 13.1. The van der Waals surface area contributed by atoms with Gasteiger partial charge in [0.15, 0.2) is 0 Å². The first-order valence-corrected chi connectivity index (χ1v) is 25.6. The lowest BCUT2D eigenvalue weighted by Gasteiger charge is -2.33. The van der Waals surface area contributed by atoms with Gasteiger partial charge in [0.05, 0.1) is 39.4 Å². The smallest absolute Gasteiger partial charge is 0.318 e. The Balaban J connectivity index is 4.35. The molecular weight excluding hydrogens is 739 g/mol. The van der Waals surface area contributed by atoms with Gasteiger partial charge in [0.2, 0.25) is 0 Å². The van der Waals surface area contributed by atoms with Crippen LogP contribution in [0.5, 0.6) is 0 Å². The number of nitrogens with zero attached hydrogens (tertiary/aromatic N) is 1. The summed E-state index contributed by atoms with van der Waals surface area (Å²) in [6.07, 6.45) is 45.5. The van der Waals surface area contributed by atoms with Gasteiger partial charge in [-0.05, 0) is 64.2 Å². The van der Waals surface area contributed by atoms with Crippen LogP contribution in [-0.2, 0) is 19.1 Å².